The molecule has 1 amide bonds. The van der Waals surface area contributed by atoms with Crippen LogP contribution in [0.4, 0.5) is 0 Å². The third-order valence-corrected chi connectivity index (χ3v) is 3.51. The maximum absolute atomic E-state index is 12.2. The van der Waals surface area contributed by atoms with Gasteiger partial charge in [0.15, 0.2) is 0 Å². The zero-order chi connectivity index (χ0) is 14.0. The first kappa shape index (κ1) is 13.8. The number of aromatic amines is 1. The number of aromatic nitrogens is 1. The van der Waals surface area contributed by atoms with Gasteiger partial charge >= 0.3 is 0 Å². The van der Waals surface area contributed by atoms with E-state index >= 15 is 0 Å². The van der Waals surface area contributed by atoms with Gasteiger partial charge in [-0.15, -0.1) is 0 Å². The van der Waals surface area contributed by atoms with E-state index in [4.69, 9.17) is 0 Å². The van der Waals surface area contributed by atoms with E-state index in [1.165, 1.54) is 6.07 Å². The van der Waals surface area contributed by atoms with Crippen molar-refractivity contribution in [1.29, 1.82) is 0 Å². The molecule has 0 aliphatic carbocycles. The monoisotopic (exact) mass is 263 g/mol. The van der Waals surface area contributed by atoms with Gasteiger partial charge in [-0.3, -0.25) is 14.5 Å². The molecule has 0 spiro atoms. The zero-order valence-electron chi connectivity index (χ0n) is 11.8. The molecule has 0 radical (unpaired) electrons. The molecule has 2 rings (SSSR count). The van der Waals surface area contributed by atoms with E-state index < -0.39 is 0 Å². The average molecular weight is 263 g/mol. The Morgan fingerprint density at radius 3 is 2.32 bits per heavy atom. The molecule has 1 aromatic heterocycles. The number of rotatable bonds is 1. The summed E-state index contributed by atoms with van der Waals surface area (Å²) in [6, 6.07) is 4.67. The zero-order valence-corrected chi connectivity index (χ0v) is 11.8. The number of piperazine rings is 1. The lowest BCUT2D eigenvalue weighted by Gasteiger charge is -2.42. The number of carbonyl (C=O) groups is 1. The predicted octanol–water partition coefficient (Wildman–Crippen LogP) is 0.931. The summed E-state index contributed by atoms with van der Waals surface area (Å²) < 4.78 is 0. The molecule has 1 aliphatic rings. The summed E-state index contributed by atoms with van der Waals surface area (Å²) >= 11 is 0. The van der Waals surface area contributed by atoms with Crippen molar-refractivity contribution < 1.29 is 4.79 Å². The average Bonchev–Trinajstić information content (AvgIpc) is 2.37. The van der Waals surface area contributed by atoms with Crippen molar-refractivity contribution in [3.05, 3.63) is 34.2 Å². The third-order valence-electron chi connectivity index (χ3n) is 3.51. The first-order valence-electron chi connectivity index (χ1n) is 6.61. The quantitative estimate of drug-likeness (QED) is 0.820. The van der Waals surface area contributed by atoms with E-state index in [0.717, 1.165) is 13.1 Å². The van der Waals surface area contributed by atoms with Crippen molar-refractivity contribution >= 4 is 5.91 Å². The molecular formula is C14H21N3O2. The standard InChI is InChI=1S/C14H21N3O2/c1-14(2,3)17-9-7-16(8-10-17)13(19)11-5-4-6-12(18)15-11/h4-6H,7-10H2,1-3H3,(H,15,18). The van der Waals surface area contributed by atoms with Gasteiger partial charge in [-0.25, -0.2) is 0 Å². The molecular weight excluding hydrogens is 242 g/mol. The Morgan fingerprint density at radius 2 is 1.79 bits per heavy atom. The van der Waals surface area contributed by atoms with Crippen LogP contribution in [0.5, 0.6) is 0 Å². The lowest BCUT2D eigenvalue weighted by atomic mass is 10.0. The molecule has 1 N–H and O–H groups in total. The van der Waals surface area contributed by atoms with Crippen LogP contribution < -0.4 is 5.56 Å². The maximum Gasteiger partial charge on any atom is 0.270 e. The summed E-state index contributed by atoms with van der Waals surface area (Å²) in [5.74, 6) is -0.0914. The second-order valence-electron chi connectivity index (χ2n) is 5.88. The van der Waals surface area contributed by atoms with E-state index in [-0.39, 0.29) is 17.0 Å². The van der Waals surface area contributed by atoms with Crippen LogP contribution >= 0.6 is 0 Å². The minimum atomic E-state index is -0.237. The number of pyridine rings is 1. The number of carbonyl (C=O) groups excluding carboxylic acids is 1. The van der Waals surface area contributed by atoms with Gasteiger partial charge in [-0.2, -0.15) is 0 Å². The minimum Gasteiger partial charge on any atom is -0.335 e. The SMILES string of the molecule is CC(C)(C)N1CCN(C(=O)c2cccc(=O)[nH]2)CC1. The number of nitrogens with one attached hydrogen (secondary N) is 1. The molecule has 5 nitrogen and oxygen atoms in total. The molecule has 2 heterocycles. The van der Waals surface area contributed by atoms with Crippen LogP contribution in [-0.2, 0) is 0 Å². The summed E-state index contributed by atoms with van der Waals surface area (Å²) in [5, 5.41) is 0. The third kappa shape index (κ3) is 3.23. The smallest absolute Gasteiger partial charge is 0.270 e. The Morgan fingerprint density at radius 1 is 1.16 bits per heavy atom. The Kier molecular flexibility index (Phi) is 3.75. The fourth-order valence-corrected chi connectivity index (χ4v) is 2.32. The topological polar surface area (TPSA) is 56.4 Å². The lowest BCUT2D eigenvalue weighted by Crippen LogP contribution is -2.54. The second-order valence-corrected chi connectivity index (χ2v) is 5.88. The van der Waals surface area contributed by atoms with Gasteiger partial charge in [0.2, 0.25) is 5.56 Å². The predicted molar refractivity (Wildman–Crippen MR) is 74.3 cm³/mol. The first-order chi connectivity index (χ1) is 8.88. The summed E-state index contributed by atoms with van der Waals surface area (Å²) in [6.45, 7) is 9.68. The highest BCUT2D eigenvalue weighted by atomic mass is 16.2. The molecule has 5 heteroatoms. The highest BCUT2D eigenvalue weighted by Crippen LogP contribution is 2.16. The van der Waals surface area contributed by atoms with Crippen molar-refractivity contribution in [3.63, 3.8) is 0 Å². The van der Waals surface area contributed by atoms with Gasteiger partial charge in [-0.1, -0.05) is 6.07 Å². The van der Waals surface area contributed by atoms with Gasteiger partial charge in [-0.05, 0) is 26.8 Å². The molecule has 0 bridgehead atoms. The summed E-state index contributed by atoms with van der Waals surface area (Å²) in [5.41, 5.74) is 0.270. The van der Waals surface area contributed by atoms with Crippen LogP contribution in [0, 0.1) is 0 Å². The van der Waals surface area contributed by atoms with E-state index in [0.29, 0.717) is 18.8 Å². The molecule has 0 aromatic carbocycles. The van der Waals surface area contributed by atoms with Gasteiger partial charge in [0, 0.05) is 37.8 Å². The van der Waals surface area contributed by atoms with Crippen molar-refractivity contribution in [2.75, 3.05) is 26.2 Å². The normalized spacial score (nSPS) is 17.5. The van der Waals surface area contributed by atoms with Gasteiger partial charge < -0.3 is 9.88 Å². The maximum atomic E-state index is 12.2. The van der Waals surface area contributed by atoms with Crippen LogP contribution in [-0.4, -0.2) is 52.4 Å². The van der Waals surface area contributed by atoms with Crippen LogP contribution in [0.3, 0.4) is 0 Å². The summed E-state index contributed by atoms with van der Waals surface area (Å²) in [4.78, 5) is 30.2. The molecule has 1 fully saturated rings. The van der Waals surface area contributed by atoms with E-state index in [1.807, 2.05) is 0 Å². The second kappa shape index (κ2) is 5.17. The van der Waals surface area contributed by atoms with Gasteiger partial charge in [0.1, 0.15) is 5.69 Å². The number of hydrogen-bond acceptors (Lipinski definition) is 3. The Hall–Kier alpha value is -1.62. The Labute approximate surface area is 113 Å². The van der Waals surface area contributed by atoms with E-state index in [9.17, 15) is 9.59 Å². The van der Waals surface area contributed by atoms with E-state index in [2.05, 4.69) is 30.7 Å². The lowest BCUT2D eigenvalue weighted by molar-refractivity contribution is 0.0446. The van der Waals surface area contributed by atoms with Crippen LogP contribution in [0.2, 0.25) is 0 Å². The highest BCUT2D eigenvalue weighted by molar-refractivity contribution is 5.92. The number of hydrogen-bond donors (Lipinski definition) is 1. The van der Waals surface area contributed by atoms with Crippen molar-refractivity contribution in [1.82, 2.24) is 14.8 Å². The fraction of sp³-hybridized carbons (Fsp3) is 0.571. The van der Waals surface area contributed by atoms with Crippen LogP contribution in [0.25, 0.3) is 0 Å². The van der Waals surface area contributed by atoms with Gasteiger partial charge in [0.05, 0.1) is 0 Å². The highest BCUT2D eigenvalue weighted by Gasteiger charge is 2.28. The van der Waals surface area contributed by atoms with Gasteiger partial charge in [0.25, 0.3) is 5.91 Å². The molecule has 1 aliphatic heterocycles. The number of H-pyrrole nitrogens is 1. The first-order valence-corrected chi connectivity index (χ1v) is 6.61. The fourth-order valence-electron chi connectivity index (χ4n) is 2.32. The van der Waals surface area contributed by atoms with Crippen LogP contribution in [0.1, 0.15) is 31.3 Å². The largest absolute Gasteiger partial charge is 0.335 e. The van der Waals surface area contributed by atoms with Crippen molar-refractivity contribution in [3.8, 4) is 0 Å². The van der Waals surface area contributed by atoms with Crippen LogP contribution in [0.15, 0.2) is 23.0 Å². The number of amides is 1. The number of nitrogens with zero attached hydrogens (tertiary/aromatic N) is 2. The van der Waals surface area contributed by atoms with E-state index in [1.54, 1.807) is 17.0 Å². The molecule has 0 saturated carbocycles. The molecule has 0 atom stereocenters. The Bertz CT molecular complexity index is 508. The summed E-state index contributed by atoms with van der Waals surface area (Å²) in [7, 11) is 0. The molecule has 104 valence electrons. The Balaban J connectivity index is 2.02. The van der Waals surface area contributed by atoms with Crippen molar-refractivity contribution in [2.24, 2.45) is 0 Å². The molecule has 0 unspecified atom stereocenters. The summed E-state index contributed by atoms with van der Waals surface area (Å²) in [6.07, 6.45) is 0. The molecule has 1 saturated heterocycles. The minimum absolute atomic E-state index is 0.0914. The molecule has 19 heavy (non-hydrogen) atoms. The molecule has 1 aromatic rings. The van der Waals surface area contributed by atoms with Crippen molar-refractivity contribution in [2.45, 2.75) is 26.3 Å².